The molecule has 0 aliphatic rings. The van der Waals surface area contributed by atoms with Crippen molar-refractivity contribution in [3.63, 3.8) is 0 Å². The zero-order chi connectivity index (χ0) is 17.8. The molecule has 0 N–H and O–H groups in total. The molecule has 0 amide bonds. The van der Waals surface area contributed by atoms with Crippen molar-refractivity contribution in [1.29, 1.82) is 0 Å². The Morgan fingerprint density at radius 1 is 0.962 bits per heavy atom. The molecule has 0 aliphatic heterocycles. The van der Waals surface area contributed by atoms with Crippen LogP contribution < -0.4 is 0 Å². The molecule has 0 unspecified atom stereocenters. The van der Waals surface area contributed by atoms with Crippen LogP contribution in [0.25, 0.3) is 5.69 Å². The number of aromatic nitrogens is 3. The average Bonchev–Trinajstić information content (AvgIpc) is 3.43. The highest BCUT2D eigenvalue weighted by Gasteiger charge is 2.17. The Balaban J connectivity index is 1.61. The Labute approximate surface area is 163 Å². The lowest BCUT2D eigenvalue weighted by Crippen LogP contribution is -2.05. The monoisotopic (exact) mass is 397 g/mol. The van der Waals surface area contributed by atoms with E-state index in [9.17, 15) is 4.79 Å². The molecule has 0 saturated heterocycles. The van der Waals surface area contributed by atoms with Crippen LogP contribution in [0.2, 0.25) is 0 Å². The Morgan fingerprint density at radius 2 is 1.77 bits per heavy atom. The van der Waals surface area contributed by atoms with Crippen LogP contribution in [0, 0.1) is 0 Å². The topological polar surface area (TPSA) is 47.8 Å². The van der Waals surface area contributed by atoms with Crippen molar-refractivity contribution < 1.29 is 4.79 Å². The quantitative estimate of drug-likeness (QED) is 0.327. The van der Waals surface area contributed by atoms with E-state index in [1.165, 1.54) is 28.0 Å². The van der Waals surface area contributed by atoms with Gasteiger partial charge in [-0.2, -0.15) is 0 Å². The normalized spacial score (nSPS) is 10.9. The van der Waals surface area contributed by atoms with Gasteiger partial charge in [-0.3, -0.25) is 9.36 Å². The van der Waals surface area contributed by atoms with Crippen molar-refractivity contribution in [1.82, 2.24) is 14.8 Å². The largest absolute Gasteiger partial charge is 0.292 e. The highest BCUT2D eigenvalue weighted by Crippen LogP contribution is 2.25. The first-order valence-corrected chi connectivity index (χ1v) is 10.8. The maximum absolute atomic E-state index is 12.3. The molecule has 0 aliphatic carbocycles. The summed E-state index contributed by atoms with van der Waals surface area (Å²) in [7, 11) is 0. The molecular formula is C19H15N3OS3. The molecule has 1 aromatic carbocycles. The fourth-order valence-corrected chi connectivity index (χ4v) is 4.86. The molecule has 4 nitrogen and oxygen atoms in total. The summed E-state index contributed by atoms with van der Waals surface area (Å²) in [6.07, 6.45) is 0.721. The van der Waals surface area contributed by atoms with Gasteiger partial charge in [0, 0.05) is 17.0 Å². The molecule has 0 fully saturated rings. The number of Topliss-reactive ketones (excluding diaryl/α,β-unsaturated/α-hetero) is 1. The van der Waals surface area contributed by atoms with Crippen LogP contribution in [-0.4, -0.2) is 26.3 Å². The van der Waals surface area contributed by atoms with E-state index < -0.39 is 0 Å². The number of benzene rings is 1. The fourth-order valence-electron chi connectivity index (χ4n) is 2.55. The Morgan fingerprint density at radius 3 is 2.50 bits per heavy atom. The summed E-state index contributed by atoms with van der Waals surface area (Å²) in [4.78, 5) is 14.3. The molecule has 0 bridgehead atoms. The molecule has 130 valence electrons. The highest BCUT2D eigenvalue weighted by atomic mass is 32.2. The van der Waals surface area contributed by atoms with Crippen LogP contribution in [-0.2, 0) is 6.42 Å². The van der Waals surface area contributed by atoms with Crippen LogP contribution >= 0.6 is 34.4 Å². The molecule has 4 aromatic rings. The zero-order valence-corrected chi connectivity index (χ0v) is 16.2. The van der Waals surface area contributed by atoms with Gasteiger partial charge >= 0.3 is 0 Å². The number of ketones is 1. The molecule has 0 radical (unpaired) electrons. The number of thioether (sulfide) groups is 1. The van der Waals surface area contributed by atoms with Crippen LogP contribution in [0.15, 0.2) is 70.5 Å². The van der Waals surface area contributed by atoms with E-state index in [2.05, 4.69) is 21.6 Å². The number of carbonyl (C=O) groups is 1. The van der Waals surface area contributed by atoms with E-state index in [1.54, 1.807) is 11.3 Å². The maximum atomic E-state index is 12.3. The minimum absolute atomic E-state index is 0.118. The summed E-state index contributed by atoms with van der Waals surface area (Å²) in [6, 6.07) is 17.9. The van der Waals surface area contributed by atoms with Gasteiger partial charge < -0.3 is 0 Å². The third-order valence-corrected chi connectivity index (χ3v) is 6.47. The standard InChI is InChI=1S/C19H15N3OS3/c23-16(17-9-5-11-25-17)13-26-19-21-20-18(12-15-8-4-10-24-15)22(19)14-6-2-1-3-7-14/h1-11H,12-13H2. The molecule has 0 saturated carbocycles. The highest BCUT2D eigenvalue weighted by molar-refractivity contribution is 7.99. The first-order chi connectivity index (χ1) is 12.8. The lowest BCUT2D eigenvalue weighted by Gasteiger charge is -2.09. The summed E-state index contributed by atoms with van der Waals surface area (Å²) >= 11 is 4.61. The summed E-state index contributed by atoms with van der Waals surface area (Å²) in [5.74, 6) is 1.35. The second-order valence-electron chi connectivity index (χ2n) is 5.52. The molecule has 4 rings (SSSR count). The number of carbonyl (C=O) groups excluding carboxylic acids is 1. The van der Waals surface area contributed by atoms with Gasteiger partial charge in [0.05, 0.1) is 10.6 Å². The molecule has 26 heavy (non-hydrogen) atoms. The third-order valence-electron chi connectivity index (χ3n) is 3.76. The van der Waals surface area contributed by atoms with Crippen LogP contribution in [0.5, 0.6) is 0 Å². The summed E-state index contributed by atoms with van der Waals surface area (Å²) in [6.45, 7) is 0. The van der Waals surface area contributed by atoms with Crippen molar-refractivity contribution >= 4 is 40.2 Å². The van der Waals surface area contributed by atoms with Gasteiger partial charge in [-0.1, -0.05) is 42.1 Å². The minimum atomic E-state index is 0.118. The number of rotatable bonds is 7. The van der Waals surface area contributed by atoms with Gasteiger partial charge in [-0.25, -0.2) is 0 Å². The SMILES string of the molecule is O=C(CSc1nnc(Cc2cccs2)n1-c1ccccc1)c1cccs1. The molecule has 7 heteroatoms. The molecular weight excluding hydrogens is 382 g/mol. The molecule has 0 spiro atoms. The Hall–Kier alpha value is -2.22. The smallest absolute Gasteiger partial charge is 0.196 e. The molecule has 3 aromatic heterocycles. The van der Waals surface area contributed by atoms with Gasteiger partial charge in [0.15, 0.2) is 10.9 Å². The second kappa shape index (κ2) is 7.99. The average molecular weight is 398 g/mol. The maximum Gasteiger partial charge on any atom is 0.196 e. The number of hydrogen-bond acceptors (Lipinski definition) is 6. The first-order valence-electron chi connectivity index (χ1n) is 8.03. The predicted molar refractivity (Wildman–Crippen MR) is 108 cm³/mol. The van der Waals surface area contributed by atoms with Gasteiger partial charge in [0.25, 0.3) is 0 Å². The van der Waals surface area contributed by atoms with E-state index >= 15 is 0 Å². The fraction of sp³-hybridized carbons (Fsp3) is 0.105. The minimum Gasteiger partial charge on any atom is -0.292 e. The third kappa shape index (κ3) is 3.80. The van der Waals surface area contributed by atoms with Crippen molar-refractivity contribution in [2.45, 2.75) is 11.6 Å². The summed E-state index contributed by atoms with van der Waals surface area (Å²) in [5.41, 5.74) is 1.01. The molecule has 0 atom stereocenters. The van der Waals surface area contributed by atoms with E-state index in [1.807, 2.05) is 58.5 Å². The molecule has 3 heterocycles. The number of thiophene rings is 2. The Kier molecular flexibility index (Phi) is 5.29. The first kappa shape index (κ1) is 17.2. The van der Waals surface area contributed by atoms with Crippen molar-refractivity contribution in [2.24, 2.45) is 0 Å². The summed E-state index contributed by atoms with van der Waals surface area (Å²) in [5, 5.41) is 13.5. The van der Waals surface area contributed by atoms with Crippen LogP contribution in [0.1, 0.15) is 20.4 Å². The number of nitrogens with zero attached hydrogens (tertiary/aromatic N) is 3. The van der Waals surface area contributed by atoms with E-state index in [4.69, 9.17) is 0 Å². The van der Waals surface area contributed by atoms with E-state index in [0.29, 0.717) is 5.75 Å². The van der Waals surface area contributed by atoms with Crippen molar-refractivity contribution in [2.75, 3.05) is 5.75 Å². The second-order valence-corrected chi connectivity index (χ2v) is 8.44. The van der Waals surface area contributed by atoms with E-state index in [-0.39, 0.29) is 5.78 Å². The van der Waals surface area contributed by atoms with E-state index in [0.717, 1.165) is 28.0 Å². The number of hydrogen-bond donors (Lipinski definition) is 0. The lowest BCUT2D eigenvalue weighted by atomic mass is 10.3. The van der Waals surface area contributed by atoms with Gasteiger partial charge in [0.2, 0.25) is 0 Å². The van der Waals surface area contributed by atoms with Crippen LogP contribution in [0.3, 0.4) is 0 Å². The van der Waals surface area contributed by atoms with Gasteiger partial charge in [-0.15, -0.1) is 32.9 Å². The van der Waals surface area contributed by atoms with Crippen LogP contribution in [0.4, 0.5) is 0 Å². The lowest BCUT2D eigenvalue weighted by molar-refractivity contribution is 0.102. The zero-order valence-electron chi connectivity index (χ0n) is 13.7. The predicted octanol–water partition coefficient (Wildman–Crippen LogP) is 4.96. The van der Waals surface area contributed by atoms with Crippen molar-refractivity contribution in [3.05, 3.63) is 80.9 Å². The van der Waals surface area contributed by atoms with Gasteiger partial charge in [0.1, 0.15) is 5.82 Å². The Bertz CT molecular complexity index is 977. The van der Waals surface area contributed by atoms with Crippen molar-refractivity contribution in [3.8, 4) is 5.69 Å². The van der Waals surface area contributed by atoms with Gasteiger partial charge in [-0.05, 0) is 35.0 Å². The summed E-state index contributed by atoms with van der Waals surface area (Å²) < 4.78 is 2.05. The number of para-hydroxylation sites is 1.